The number of ether oxygens (including phenoxy) is 2. The van der Waals surface area contributed by atoms with Crippen LogP contribution in [0.3, 0.4) is 0 Å². The van der Waals surface area contributed by atoms with E-state index in [9.17, 15) is 0 Å². The first-order valence-electron chi connectivity index (χ1n) is 6.35. The van der Waals surface area contributed by atoms with Crippen LogP contribution in [0, 0.1) is 0 Å². The molecule has 0 fully saturated rings. The lowest BCUT2D eigenvalue weighted by Crippen LogP contribution is -2.31. The highest BCUT2D eigenvalue weighted by Gasteiger charge is 2.24. The van der Waals surface area contributed by atoms with Gasteiger partial charge in [0.1, 0.15) is 5.76 Å². The van der Waals surface area contributed by atoms with Crippen molar-refractivity contribution >= 4 is 0 Å². The second-order valence-electron chi connectivity index (χ2n) is 4.28. The highest BCUT2D eigenvalue weighted by atomic mass is 16.5. The second kappa shape index (κ2) is 6.29. The summed E-state index contributed by atoms with van der Waals surface area (Å²) in [4.78, 5) is 0. The molecule has 1 aromatic heterocycles. The summed E-state index contributed by atoms with van der Waals surface area (Å²) in [5.74, 6) is 2.07. The van der Waals surface area contributed by atoms with Crippen LogP contribution in [0.1, 0.15) is 25.2 Å². The van der Waals surface area contributed by atoms with Gasteiger partial charge in [-0.15, -0.1) is 0 Å². The number of benzene rings is 1. The average Bonchev–Trinajstić information content (AvgIpc) is 2.98. The number of para-hydroxylation sites is 2. The molecule has 4 nitrogen and oxygen atoms in total. The Hall–Kier alpha value is -1.94. The van der Waals surface area contributed by atoms with E-state index in [0.717, 1.165) is 12.2 Å². The zero-order valence-electron chi connectivity index (χ0n) is 11.2. The molecule has 4 heteroatoms. The van der Waals surface area contributed by atoms with Crippen molar-refractivity contribution < 1.29 is 13.9 Å². The van der Waals surface area contributed by atoms with Crippen molar-refractivity contribution in [3.63, 3.8) is 0 Å². The number of hydrogen-bond donors (Lipinski definition) is 1. The zero-order valence-corrected chi connectivity index (χ0v) is 11.2. The fourth-order valence-corrected chi connectivity index (χ4v) is 1.88. The van der Waals surface area contributed by atoms with Crippen molar-refractivity contribution in [2.24, 2.45) is 5.73 Å². The van der Waals surface area contributed by atoms with E-state index in [1.54, 1.807) is 13.4 Å². The molecule has 0 amide bonds. The number of hydrogen-bond acceptors (Lipinski definition) is 4. The van der Waals surface area contributed by atoms with Gasteiger partial charge in [0.15, 0.2) is 17.6 Å². The molecule has 102 valence electrons. The van der Waals surface area contributed by atoms with Crippen LogP contribution in [0.15, 0.2) is 47.1 Å². The summed E-state index contributed by atoms with van der Waals surface area (Å²) < 4.78 is 16.7. The average molecular weight is 261 g/mol. The van der Waals surface area contributed by atoms with Gasteiger partial charge in [0.2, 0.25) is 0 Å². The Kier molecular flexibility index (Phi) is 4.47. The second-order valence-corrected chi connectivity index (χ2v) is 4.28. The molecular formula is C15H19NO3. The van der Waals surface area contributed by atoms with Crippen molar-refractivity contribution in [3.05, 3.63) is 48.4 Å². The lowest BCUT2D eigenvalue weighted by Gasteiger charge is -2.23. The molecule has 1 heterocycles. The van der Waals surface area contributed by atoms with E-state index in [1.165, 1.54) is 0 Å². The van der Waals surface area contributed by atoms with Crippen LogP contribution in [-0.2, 0) is 0 Å². The number of methoxy groups -OCH3 is 1. The van der Waals surface area contributed by atoms with E-state index in [1.807, 2.05) is 43.3 Å². The van der Waals surface area contributed by atoms with Gasteiger partial charge in [0, 0.05) is 6.04 Å². The van der Waals surface area contributed by atoms with Gasteiger partial charge >= 0.3 is 0 Å². The maximum absolute atomic E-state index is 6.12. The third-order valence-corrected chi connectivity index (χ3v) is 3.01. The molecule has 0 saturated carbocycles. The van der Waals surface area contributed by atoms with Crippen LogP contribution in [0.2, 0.25) is 0 Å². The zero-order chi connectivity index (χ0) is 13.7. The van der Waals surface area contributed by atoms with E-state index >= 15 is 0 Å². The Balaban J connectivity index is 2.25. The van der Waals surface area contributed by atoms with Gasteiger partial charge in [-0.2, -0.15) is 0 Å². The quantitative estimate of drug-likeness (QED) is 0.867. The molecule has 0 bridgehead atoms. The Labute approximate surface area is 113 Å². The van der Waals surface area contributed by atoms with E-state index in [2.05, 4.69) is 0 Å². The largest absolute Gasteiger partial charge is 0.493 e. The summed E-state index contributed by atoms with van der Waals surface area (Å²) in [6.45, 7) is 2.02. The highest BCUT2D eigenvalue weighted by molar-refractivity contribution is 5.39. The van der Waals surface area contributed by atoms with Crippen molar-refractivity contribution in [1.29, 1.82) is 0 Å². The molecule has 0 spiro atoms. The summed E-state index contributed by atoms with van der Waals surface area (Å²) in [6.07, 6.45) is 2.09. The van der Waals surface area contributed by atoms with Gasteiger partial charge in [-0.3, -0.25) is 0 Å². The molecule has 2 atom stereocenters. The summed E-state index contributed by atoms with van der Waals surface area (Å²) >= 11 is 0. The lowest BCUT2D eigenvalue weighted by molar-refractivity contribution is 0.139. The molecule has 0 aliphatic rings. The first-order chi connectivity index (χ1) is 9.26. The lowest BCUT2D eigenvalue weighted by atomic mass is 10.1. The summed E-state index contributed by atoms with van der Waals surface area (Å²) in [5, 5.41) is 0. The molecule has 2 unspecified atom stereocenters. The van der Waals surface area contributed by atoms with Crippen molar-refractivity contribution in [3.8, 4) is 11.5 Å². The van der Waals surface area contributed by atoms with Gasteiger partial charge < -0.3 is 19.6 Å². The molecular weight excluding hydrogens is 242 g/mol. The van der Waals surface area contributed by atoms with Crippen LogP contribution >= 0.6 is 0 Å². The fourth-order valence-electron chi connectivity index (χ4n) is 1.88. The topological polar surface area (TPSA) is 57.6 Å². The predicted molar refractivity (Wildman–Crippen MR) is 73.3 cm³/mol. The number of rotatable bonds is 6. The normalized spacial score (nSPS) is 13.8. The first-order valence-corrected chi connectivity index (χ1v) is 6.35. The minimum atomic E-state index is -0.323. The van der Waals surface area contributed by atoms with Crippen molar-refractivity contribution in [1.82, 2.24) is 0 Å². The molecule has 1 aromatic carbocycles. The van der Waals surface area contributed by atoms with E-state index < -0.39 is 0 Å². The van der Waals surface area contributed by atoms with E-state index in [-0.39, 0.29) is 12.1 Å². The highest BCUT2D eigenvalue weighted by Crippen LogP contribution is 2.32. The third kappa shape index (κ3) is 3.09. The molecule has 0 aliphatic carbocycles. The number of furan rings is 1. The smallest absolute Gasteiger partial charge is 0.171 e. The Bertz CT molecular complexity index is 496. The van der Waals surface area contributed by atoms with Crippen LogP contribution in [-0.4, -0.2) is 13.2 Å². The van der Waals surface area contributed by atoms with Gasteiger partial charge in [0.05, 0.1) is 13.4 Å². The summed E-state index contributed by atoms with van der Waals surface area (Å²) in [7, 11) is 1.61. The fraction of sp³-hybridized carbons (Fsp3) is 0.333. The molecule has 0 radical (unpaired) electrons. The van der Waals surface area contributed by atoms with Crippen molar-refractivity contribution in [2.45, 2.75) is 25.5 Å². The van der Waals surface area contributed by atoms with Gasteiger partial charge in [-0.05, 0) is 30.7 Å². The van der Waals surface area contributed by atoms with Crippen molar-refractivity contribution in [2.75, 3.05) is 7.11 Å². The summed E-state index contributed by atoms with van der Waals surface area (Å²) in [5.41, 5.74) is 6.12. The monoisotopic (exact) mass is 261 g/mol. The van der Waals surface area contributed by atoms with Crippen LogP contribution < -0.4 is 15.2 Å². The minimum absolute atomic E-state index is 0.143. The molecule has 0 saturated heterocycles. The molecule has 2 N–H and O–H groups in total. The Morgan fingerprint density at radius 1 is 1.16 bits per heavy atom. The molecule has 2 rings (SSSR count). The summed E-state index contributed by atoms with van der Waals surface area (Å²) in [6, 6.07) is 11.1. The predicted octanol–water partition coefficient (Wildman–Crippen LogP) is 3.15. The van der Waals surface area contributed by atoms with Crippen LogP contribution in [0.5, 0.6) is 11.5 Å². The Morgan fingerprint density at radius 2 is 1.89 bits per heavy atom. The maximum atomic E-state index is 6.12. The maximum Gasteiger partial charge on any atom is 0.171 e. The van der Waals surface area contributed by atoms with E-state index in [0.29, 0.717) is 11.5 Å². The third-order valence-electron chi connectivity index (χ3n) is 3.01. The number of nitrogens with two attached hydrogens (primary N) is 1. The molecule has 2 aromatic rings. The van der Waals surface area contributed by atoms with Crippen LogP contribution in [0.25, 0.3) is 0 Å². The molecule has 0 aliphatic heterocycles. The SMILES string of the molecule is CCC(N)C(Oc1ccccc1OC)c1ccco1. The first kappa shape index (κ1) is 13.5. The van der Waals surface area contributed by atoms with E-state index in [4.69, 9.17) is 19.6 Å². The standard InChI is InChI=1S/C15H19NO3/c1-3-11(16)15(14-9-6-10-18-14)19-13-8-5-4-7-12(13)17-2/h4-11,15H,3,16H2,1-2H3. The van der Waals surface area contributed by atoms with Gasteiger partial charge in [-0.25, -0.2) is 0 Å². The van der Waals surface area contributed by atoms with Gasteiger partial charge in [0.25, 0.3) is 0 Å². The minimum Gasteiger partial charge on any atom is -0.493 e. The van der Waals surface area contributed by atoms with Gasteiger partial charge in [-0.1, -0.05) is 19.1 Å². The molecule has 19 heavy (non-hydrogen) atoms. The van der Waals surface area contributed by atoms with Crippen LogP contribution in [0.4, 0.5) is 0 Å². The Morgan fingerprint density at radius 3 is 2.47 bits per heavy atom.